The first kappa shape index (κ1) is 80.4. The molecule has 4 aliphatic heterocycles. The Morgan fingerprint density at radius 3 is 0.849 bits per heavy atom. The Hall–Kier alpha value is -14.0. The molecule has 0 fully saturated rings. The number of hydrogen-bond acceptors (Lipinski definition) is 15. The van der Waals surface area contributed by atoms with Gasteiger partial charge in [0.15, 0.2) is 23.3 Å². The maximum atomic E-state index is 17.1. The second-order valence-corrected chi connectivity index (χ2v) is 41.2. The molecule has 20 rings (SSSR count). The van der Waals surface area contributed by atoms with Crippen molar-refractivity contribution in [3.8, 4) is 91.5 Å². The van der Waals surface area contributed by atoms with Crippen molar-refractivity contribution in [2.45, 2.75) is 183 Å². The number of cyclic esters (lactones) is 2. The van der Waals surface area contributed by atoms with Gasteiger partial charge in [-0.05, 0) is 186 Å². The number of imide groups is 1. The maximum absolute atomic E-state index is 17.1. The predicted molar refractivity (Wildman–Crippen MR) is 502 cm³/mol. The van der Waals surface area contributed by atoms with E-state index >= 15 is 9.59 Å². The number of anilines is 1. The van der Waals surface area contributed by atoms with E-state index in [1.165, 1.54) is 4.90 Å². The normalized spacial score (nSPS) is 13.9. The molecule has 0 spiro atoms. The third kappa shape index (κ3) is 13.4. The van der Waals surface area contributed by atoms with Gasteiger partial charge in [-0.25, -0.2) is 44.4 Å². The second kappa shape index (κ2) is 27.7. The van der Waals surface area contributed by atoms with Crippen molar-refractivity contribution in [2.24, 2.45) is 0 Å². The Kier molecular flexibility index (Phi) is 17.7. The molecule has 2 N–H and O–H groups in total. The Labute approximate surface area is 730 Å². The third-order valence-electron chi connectivity index (χ3n) is 25.1. The molecule has 13 aromatic carbocycles. The van der Waals surface area contributed by atoms with Crippen molar-refractivity contribution in [3.05, 3.63) is 255 Å². The molecule has 126 heavy (non-hydrogen) atoms. The zero-order chi connectivity index (χ0) is 88.6. The molecule has 628 valence electrons. The number of amides is 2. The van der Waals surface area contributed by atoms with Crippen LogP contribution in [0.3, 0.4) is 0 Å². The molecule has 8 bridgehead atoms. The van der Waals surface area contributed by atoms with Crippen LogP contribution >= 0.6 is 0 Å². The first-order valence-corrected chi connectivity index (χ1v) is 43.0. The largest absolute Gasteiger partial charge is 0.457 e. The van der Waals surface area contributed by atoms with Gasteiger partial charge >= 0.3 is 11.9 Å². The minimum atomic E-state index is -0.898. The Bertz CT molecular complexity index is 7370. The van der Waals surface area contributed by atoms with Crippen molar-refractivity contribution < 1.29 is 42.9 Å². The lowest BCUT2D eigenvalue weighted by molar-refractivity contribution is 0.0390. The van der Waals surface area contributed by atoms with E-state index in [0.717, 1.165) is 72.0 Å². The van der Waals surface area contributed by atoms with Gasteiger partial charge in [-0.15, -0.1) is 0 Å². The van der Waals surface area contributed by atoms with Crippen LogP contribution in [0, 0.1) is 0 Å². The van der Waals surface area contributed by atoms with E-state index in [-0.39, 0.29) is 99.6 Å². The number of aromatic nitrogens is 8. The lowest BCUT2D eigenvalue weighted by Crippen LogP contribution is -2.40. The number of nitrogens with one attached hydrogen (secondary N) is 2. The number of fused-ring (bicyclic) bond motifs is 22. The lowest BCUT2D eigenvalue weighted by Gasteiger charge is -2.31. The number of carbonyl (C=O) groups is 4. The number of carbonyl (C=O) groups excluding carboxylic acids is 4. The molecule has 0 unspecified atom stereocenters. The number of esters is 2. The van der Waals surface area contributed by atoms with Gasteiger partial charge in [0.25, 0.3) is 11.8 Å². The first-order valence-electron chi connectivity index (χ1n) is 43.0. The van der Waals surface area contributed by atoms with Gasteiger partial charge in [0, 0.05) is 86.9 Å². The van der Waals surface area contributed by atoms with Gasteiger partial charge in [0.2, 0.25) is 0 Å². The summed E-state index contributed by atoms with van der Waals surface area (Å²) in [7, 11) is 0. The van der Waals surface area contributed by atoms with Crippen LogP contribution in [0.1, 0.15) is 226 Å². The summed E-state index contributed by atoms with van der Waals surface area (Å²) in [5.41, 5.74) is 11.1. The van der Waals surface area contributed by atoms with E-state index in [2.05, 4.69) is 204 Å². The zero-order valence-electron chi connectivity index (χ0n) is 74.8. The van der Waals surface area contributed by atoms with Gasteiger partial charge in [0.05, 0.1) is 27.9 Å². The molecule has 16 aromatic rings. The van der Waals surface area contributed by atoms with Crippen molar-refractivity contribution in [1.29, 1.82) is 0 Å². The molecule has 4 aliphatic rings. The van der Waals surface area contributed by atoms with Crippen molar-refractivity contribution in [2.75, 3.05) is 4.90 Å². The molecular weight excluding hydrogens is 1570 g/mol. The lowest BCUT2D eigenvalue weighted by atomic mass is 9.81. The molecule has 0 aliphatic carbocycles. The Balaban J connectivity index is 0.886. The molecule has 18 nitrogen and oxygen atoms in total. The summed E-state index contributed by atoms with van der Waals surface area (Å²) in [5.74, 6) is 0.720. The fourth-order valence-electron chi connectivity index (χ4n) is 17.8. The zero-order valence-corrected chi connectivity index (χ0v) is 74.8. The predicted octanol–water partition coefficient (Wildman–Crippen LogP) is 27.3. The Morgan fingerprint density at radius 1 is 0.246 bits per heavy atom. The van der Waals surface area contributed by atoms with E-state index < -0.39 is 23.8 Å². The fourth-order valence-corrected chi connectivity index (χ4v) is 17.8. The van der Waals surface area contributed by atoms with E-state index in [1.807, 2.05) is 109 Å². The third-order valence-corrected chi connectivity index (χ3v) is 25.1. The van der Waals surface area contributed by atoms with Crippen molar-refractivity contribution in [1.82, 2.24) is 39.9 Å². The molecule has 7 heterocycles. The van der Waals surface area contributed by atoms with Crippen LogP contribution in [0.15, 0.2) is 194 Å². The molecule has 0 radical (unpaired) electrons. The highest BCUT2D eigenvalue weighted by Crippen LogP contribution is 2.59. The van der Waals surface area contributed by atoms with Crippen molar-refractivity contribution in [3.63, 3.8) is 0 Å². The van der Waals surface area contributed by atoms with Gasteiger partial charge < -0.3 is 33.7 Å². The van der Waals surface area contributed by atoms with Crippen LogP contribution < -0.4 is 23.8 Å². The maximum Gasteiger partial charge on any atom is 0.346 e. The average Bonchev–Trinajstić information content (AvgIpc) is 0.808. The summed E-state index contributed by atoms with van der Waals surface area (Å²) in [6.45, 7) is 45.3. The second-order valence-electron chi connectivity index (χ2n) is 41.2. The highest BCUT2D eigenvalue weighted by molar-refractivity contribution is 6.46. The molecule has 0 saturated carbocycles. The van der Waals surface area contributed by atoms with E-state index in [0.29, 0.717) is 112 Å². The molecular formula is C108H97N9O9. The topological polar surface area (TPSA) is 227 Å². The fraction of sp³-hybridized carbons (Fsp3) is 0.259. The number of aromatic amines is 2. The molecule has 2 amide bonds. The standard InChI is InChI=1S/C108H97N9O9/c1-102(2,3)54-22-34-62(35-23-54)122-78-50-74-82-75(51-79(123-63-36-24-55(25-37-63)103(4,5)6)85-87-81(125-65-40-28-57(29-41-65)105(10,11)12)53-77-83-76(100(120)126-101(77)121)52-80(86(89(83)87)84(78)88(82)85)124-64-38-26-56(27-39-64)104(7,8)9)99(119)117(98(74)118)61-33-45-69-73(49-61)97-115-92-68-44-32-60(108(19,20)21)48-72(68)95(113-92)111-90-66-42-30-58(106(13,14)15)46-70(66)94(109-90)110-91-67-43-31-59(107(16,17)18)47-71(67)96(112-91)114-93(69)116-97/h22-53H,1-21H3,(H2,109,110,111,112,113,114,115,116). The highest BCUT2D eigenvalue weighted by atomic mass is 16.6. The molecule has 0 saturated heterocycles. The van der Waals surface area contributed by atoms with Crippen LogP contribution in [0.4, 0.5) is 5.69 Å². The number of rotatable bonds is 9. The smallest absolute Gasteiger partial charge is 0.346 e. The highest BCUT2D eigenvalue weighted by Gasteiger charge is 2.43. The van der Waals surface area contributed by atoms with Crippen LogP contribution in [0.25, 0.3) is 133 Å². The number of nitrogens with zero attached hydrogens (tertiary/aromatic N) is 7. The van der Waals surface area contributed by atoms with E-state index in [4.69, 9.17) is 53.6 Å². The van der Waals surface area contributed by atoms with E-state index in [1.54, 1.807) is 36.4 Å². The number of ether oxygens (including phenoxy) is 5. The van der Waals surface area contributed by atoms with Gasteiger partial charge in [-0.3, -0.25) is 9.59 Å². The molecule has 0 atom stereocenters. The minimum absolute atomic E-state index is 0.0445. The summed E-state index contributed by atoms with van der Waals surface area (Å²) in [6.07, 6.45) is 0. The van der Waals surface area contributed by atoms with Crippen LogP contribution in [-0.4, -0.2) is 63.6 Å². The first-order chi connectivity index (χ1) is 59.4. The minimum Gasteiger partial charge on any atom is -0.457 e. The average molecular weight is 1670 g/mol. The van der Waals surface area contributed by atoms with Gasteiger partial charge in [-0.1, -0.05) is 230 Å². The van der Waals surface area contributed by atoms with Crippen molar-refractivity contribution >= 4 is 117 Å². The summed E-state index contributed by atoms with van der Waals surface area (Å²) in [6, 6.07) is 62.2. The number of H-pyrrole nitrogens is 2. The monoisotopic (exact) mass is 1660 g/mol. The number of hydrogen-bond donors (Lipinski definition) is 2. The summed E-state index contributed by atoms with van der Waals surface area (Å²) in [4.78, 5) is 105. The molecule has 3 aromatic heterocycles. The summed E-state index contributed by atoms with van der Waals surface area (Å²) >= 11 is 0. The van der Waals surface area contributed by atoms with Crippen LogP contribution in [0.2, 0.25) is 0 Å². The molecule has 18 heteroatoms. The summed E-state index contributed by atoms with van der Waals surface area (Å²) in [5, 5.41) is 5.45. The SMILES string of the molecule is CC(C)(C)c1ccc(Oc2cc3c4c(cc(Oc5ccc(C(C)(C)C)cc5)c5c6c(Oc7ccc(C(C)(C)C)cc7)cc7c8c(cc(Oc9ccc(C(C)(C)C)cc9)c(c2c45)c86)C(=O)N(c2ccc4c5nc6nc(nc8[nH]c(nc9nc(nc([nH]5)c4c2)-c2ccc(C(C)(C)C)cc2-9)c2ccc(C(C)(C)C)cc82)-c2ccc(C(C)(C)C)cc2-6)C7=O)C(=O)OC3=O)cc1. The summed E-state index contributed by atoms with van der Waals surface area (Å²) < 4.78 is 35.2. The number of benzene rings is 13. The van der Waals surface area contributed by atoms with Gasteiger partial charge in [0.1, 0.15) is 68.6 Å². The quantitative estimate of drug-likeness (QED) is 0.0450. The van der Waals surface area contributed by atoms with E-state index in [9.17, 15) is 9.59 Å². The van der Waals surface area contributed by atoms with Crippen LogP contribution in [0.5, 0.6) is 46.0 Å². The van der Waals surface area contributed by atoms with Crippen LogP contribution in [-0.2, 0) is 42.6 Å². The Morgan fingerprint density at radius 2 is 0.516 bits per heavy atom. The van der Waals surface area contributed by atoms with Gasteiger partial charge in [-0.2, -0.15) is 0 Å².